The van der Waals surface area contributed by atoms with Crippen molar-refractivity contribution in [2.24, 2.45) is 0 Å². The number of aliphatic hydroxyl groups excluding tert-OH is 1. The zero-order chi connectivity index (χ0) is 19.6. The third kappa shape index (κ3) is 3.69. The summed E-state index contributed by atoms with van der Waals surface area (Å²) in [7, 11) is 0. The predicted molar refractivity (Wildman–Crippen MR) is 90.5 cm³/mol. The van der Waals surface area contributed by atoms with Crippen LogP contribution in [-0.4, -0.2) is 46.0 Å². The number of nitrogens with zero attached hydrogens (tertiary/aromatic N) is 2. The van der Waals surface area contributed by atoms with E-state index in [1.807, 2.05) is 0 Å². The van der Waals surface area contributed by atoms with Crippen LogP contribution in [0, 0.1) is 15.9 Å². The summed E-state index contributed by atoms with van der Waals surface area (Å²) >= 11 is 0. The van der Waals surface area contributed by atoms with Crippen LogP contribution in [0.5, 0.6) is 0 Å². The number of hydrogen-bond acceptors (Lipinski definition) is 6. The molecule has 2 aromatic rings. The molecule has 0 fully saturated rings. The third-order valence-corrected chi connectivity index (χ3v) is 4.09. The number of halogens is 1. The lowest BCUT2D eigenvalue weighted by Crippen LogP contribution is -2.38. The van der Waals surface area contributed by atoms with Crippen molar-refractivity contribution in [1.29, 1.82) is 0 Å². The number of fused-ring (bicyclic) bond motifs is 1. The van der Waals surface area contributed by atoms with Crippen LogP contribution in [0.3, 0.4) is 0 Å². The van der Waals surface area contributed by atoms with Crippen LogP contribution in [0.2, 0.25) is 0 Å². The second-order valence-electron chi connectivity index (χ2n) is 5.94. The van der Waals surface area contributed by atoms with Crippen molar-refractivity contribution in [3.8, 4) is 0 Å². The van der Waals surface area contributed by atoms with E-state index in [2.05, 4.69) is 0 Å². The summed E-state index contributed by atoms with van der Waals surface area (Å²) in [4.78, 5) is 35.8. The maximum Gasteiger partial charge on any atom is 0.282 e. The molecule has 1 N–H and O–H groups in total. The summed E-state index contributed by atoms with van der Waals surface area (Å²) < 4.78 is 18.7. The average Bonchev–Trinajstić information content (AvgIpc) is 2.88. The summed E-state index contributed by atoms with van der Waals surface area (Å²) in [5.41, 5.74) is -0.514. The van der Waals surface area contributed by atoms with Crippen molar-refractivity contribution in [3.63, 3.8) is 0 Å². The van der Waals surface area contributed by atoms with Crippen LogP contribution in [0.25, 0.3) is 0 Å². The Morgan fingerprint density at radius 3 is 2.59 bits per heavy atom. The molecule has 0 spiro atoms. The number of amides is 2. The van der Waals surface area contributed by atoms with E-state index < -0.39 is 34.3 Å². The van der Waals surface area contributed by atoms with Crippen LogP contribution in [0.4, 0.5) is 10.1 Å². The zero-order valence-electron chi connectivity index (χ0n) is 14.0. The van der Waals surface area contributed by atoms with E-state index in [0.29, 0.717) is 5.56 Å². The predicted octanol–water partition coefficient (Wildman–Crippen LogP) is 1.91. The number of rotatable bonds is 7. The lowest BCUT2D eigenvalue weighted by Gasteiger charge is -2.18. The van der Waals surface area contributed by atoms with Crippen molar-refractivity contribution in [1.82, 2.24) is 4.90 Å². The van der Waals surface area contributed by atoms with E-state index in [1.54, 1.807) is 6.07 Å². The number of nitro groups is 1. The Morgan fingerprint density at radius 1 is 1.15 bits per heavy atom. The fourth-order valence-electron chi connectivity index (χ4n) is 2.82. The number of β-amino-alcohol motifs (C(OH)–C–C–N with tert-alkyl or cyclic N) is 1. The van der Waals surface area contributed by atoms with Crippen LogP contribution < -0.4 is 0 Å². The molecule has 2 aromatic carbocycles. The molecule has 0 saturated carbocycles. The van der Waals surface area contributed by atoms with Gasteiger partial charge in [0.05, 0.1) is 36.3 Å². The van der Waals surface area contributed by atoms with Gasteiger partial charge in [-0.3, -0.25) is 24.6 Å². The molecule has 0 unspecified atom stereocenters. The Bertz CT molecular complexity index is 916. The van der Waals surface area contributed by atoms with Gasteiger partial charge < -0.3 is 9.84 Å². The van der Waals surface area contributed by atoms with Gasteiger partial charge in [-0.05, 0) is 12.1 Å². The number of nitro benzene ring substituents is 1. The standard InChI is InChI=1S/C18H15FN2O6/c19-14-6-2-1-4-11(14)9-27-10-12(22)8-20-17(23)13-5-3-7-15(21(25)26)16(13)18(20)24/h1-7,12,22H,8-10H2/t12-/m1/s1. The highest BCUT2D eigenvalue weighted by atomic mass is 19.1. The van der Waals surface area contributed by atoms with Gasteiger partial charge in [0, 0.05) is 11.6 Å². The van der Waals surface area contributed by atoms with Gasteiger partial charge in [-0.15, -0.1) is 0 Å². The number of hydrogen-bond donors (Lipinski definition) is 1. The topological polar surface area (TPSA) is 110 Å². The van der Waals surface area contributed by atoms with E-state index in [4.69, 9.17) is 4.74 Å². The summed E-state index contributed by atoms with van der Waals surface area (Å²) in [6.45, 7) is -0.720. The number of carbonyl (C=O) groups excluding carboxylic acids is 2. The van der Waals surface area contributed by atoms with E-state index in [-0.39, 0.29) is 30.9 Å². The van der Waals surface area contributed by atoms with Gasteiger partial charge in [-0.2, -0.15) is 0 Å². The molecule has 1 heterocycles. The van der Waals surface area contributed by atoms with E-state index in [1.165, 1.54) is 30.3 Å². The fourth-order valence-corrected chi connectivity index (χ4v) is 2.82. The number of carbonyl (C=O) groups is 2. The summed E-state index contributed by atoms with van der Waals surface area (Å²) in [5.74, 6) is -2.00. The molecule has 27 heavy (non-hydrogen) atoms. The SMILES string of the molecule is O=C1c2cccc([N+](=O)[O-])c2C(=O)N1C[C@@H](O)COCc1ccccc1F. The van der Waals surface area contributed by atoms with E-state index in [9.17, 15) is 29.2 Å². The summed E-state index contributed by atoms with van der Waals surface area (Å²) in [5, 5.41) is 21.1. The molecular formula is C18H15FN2O6. The van der Waals surface area contributed by atoms with Crippen LogP contribution in [0.1, 0.15) is 26.3 Å². The number of ether oxygens (including phenoxy) is 1. The highest BCUT2D eigenvalue weighted by Crippen LogP contribution is 2.30. The Morgan fingerprint density at radius 2 is 1.89 bits per heavy atom. The molecule has 1 aliphatic rings. The molecule has 8 nitrogen and oxygen atoms in total. The first-order valence-corrected chi connectivity index (χ1v) is 8.03. The van der Waals surface area contributed by atoms with E-state index in [0.717, 1.165) is 11.0 Å². The number of aliphatic hydroxyl groups is 1. The highest BCUT2D eigenvalue weighted by molar-refractivity contribution is 6.23. The molecule has 0 aliphatic carbocycles. The summed E-state index contributed by atoms with van der Waals surface area (Å²) in [6, 6.07) is 9.77. The molecule has 0 aromatic heterocycles. The Hall–Kier alpha value is -3.17. The first kappa shape index (κ1) is 18.6. The largest absolute Gasteiger partial charge is 0.389 e. The number of benzene rings is 2. The molecule has 140 valence electrons. The second-order valence-corrected chi connectivity index (χ2v) is 5.94. The third-order valence-electron chi connectivity index (χ3n) is 4.09. The molecule has 0 bridgehead atoms. The van der Waals surface area contributed by atoms with Gasteiger partial charge in [0.2, 0.25) is 0 Å². The van der Waals surface area contributed by atoms with Crippen LogP contribution in [0.15, 0.2) is 42.5 Å². The van der Waals surface area contributed by atoms with Crippen molar-refractivity contribution < 1.29 is 28.7 Å². The summed E-state index contributed by atoms with van der Waals surface area (Å²) in [6.07, 6.45) is -1.22. The van der Waals surface area contributed by atoms with Crippen molar-refractivity contribution >= 4 is 17.5 Å². The molecule has 0 radical (unpaired) electrons. The Balaban J connectivity index is 1.63. The quantitative estimate of drug-likeness (QED) is 0.450. The van der Waals surface area contributed by atoms with E-state index >= 15 is 0 Å². The lowest BCUT2D eigenvalue weighted by atomic mass is 10.1. The van der Waals surface area contributed by atoms with Gasteiger partial charge in [0.15, 0.2) is 0 Å². The Labute approximate surface area is 152 Å². The maximum absolute atomic E-state index is 13.5. The minimum absolute atomic E-state index is 0.0753. The fraction of sp³-hybridized carbons (Fsp3) is 0.222. The van der Waals surface area contributed by atoms with Gasteiger partial charge in [0.1, 0.15) is 11.4 Å². The number of imide groups is 1. The molecule has 1 atom stereocenters. The second kappa shape index (κ2) is 7.60. The highest BCUT2D eigenvalue weighted by Gasteiger charge is 2.41. The van der Waals surface area contributed by atoms with Gasteiger partial charge in [0.25, 0.3) is 17.5 Å². The lowest BCUT2D eigenvalue weighted by molar-refractivity contribution is -0.385. The molecule has 3 rings (SSSR count). The molecule has 1 aliphatic heterocycles. The van der Waals surface area contributed by atoms with Crippen LogP contribution in [-0.2, 0) is 11.3 Å². The first-order chi connectivity index (χ1) is 12.9. The van der Waals surface area contributed by atoms with Crippen LogP contribution >= 0.6 is 0 Å². The zero-order valence-corrected chi connectivity index (χ0v) is 14.0. The van der Waals surface area contributed by atoms with Gasteiger partial charge in [-0.1, -0.05) is 24.3 Å². The molecule has 0 saturated heterocycles. The normalized spacial score (nSPS) is 14.4. The van der Waals surface area contributed by atoms with Crippen molar-refractivity contribution in [3.05, 3.63) is 75.1 Å². The van der Waals surface area contributed by atoms with Gasteiger partial charge in [-0.25, -0.2) is 4.39 Å². The minimum Gasteiger partial charge on any atom is -0.389 e. The molecule has 2 amide bonds. The molecule has 9 heteroatoms. The minimum atomic E-state index is -1.22. The Kier molecular flexibility index (Phi) is 5.24. The average molecular weight is 374 g/mol. The van der Waals surface area contributed by atoms with Crippen molar-refractivity contribution in [2.75, 3.05) is 13.2 Å². The first-order valence-electron chi connectivity index (χ1n) is 8.03. The van der Waals surface area contributed by atoms with Gasteiger partial charge >= 0.3 is 0 Å². The molecular weight excluding hydrogens is 359 g/mol. The monoisotopic (exact) mass is 374 g/mol. The maximum atomic E-state index is 13.5. The smallest absolute Gasteiger partial charge is 0.282 e. The van der Waals surface area contributed by atoms with Crippen molar-refractivity contribution in [2.45, 2.75) is 12.7 Å².